The zero-order valence-corrected chi connectivity index (χ0v) is 18.1. The lowest BCUT2D eigenvalue weighted by Gasteiger charge is -2.18. The summed E-state index contributed by atoms with van der Waals surface area (Å²) in [7, 11) is 0. The number of rotatable bonds is 13. The molecule has 0 aromatic rings. The molecule has 3 atom stereocenters. The van der Waals surface area contributed by atoms with Crippen molar-refractivity contribution in [3.63, 3.8) is 0 Å². The van der Waals surface area contributed by atoms with Crippen LogP contribution in [0.2, 0.25) is 0 Å². The molecule has 8 N–H and O–H groups in total. The summed E-state index contributed by atoms with van der Waals surface area (Å²) in [6.07, 6.45) is 4.56. The first kappa shape index (κ1) is 30.8. The Balaban J connectivity index is -0.000000372. The summed E-state index contributed by atoms with van der Waals surface area (Å²) < 4.78 is 0. The highest BCUT2D eigenvalue weighted by Crippen LogP contribution is 2.05. The van der Waals surface area contributed by atoms with Crippen molar-refractivity contribution in [3.05, 3.63) is 0 Å². The van der Waals surface area contributed by atoms with Gasteiger partial charge in [0.2, 0.25) is 5.91 Å². The summed E-state index contributed by atoms with van der Waals surface area (Å²) in [6, 6.07) is 0.556. The van der Waals surface area contributed by atoms with Gasteiger partial charge in [-0.15, -0.1) is 0 Å². The number of aliphatic hydroxyl groups is 1. The van der Waals surface area contributed by atoms with Gasteiger partial charge in [-0.1, -0.05) is 33.6 Å². The van der Waals surface area contributed by atoms with E-state index in [1.165, 1.54) is 0 Å². The van der Waals surface area contributed by atoms with E-state index in [4.69, 9.17) is 26.5 Å². The highest BCUT2D eigenvalue weighted by molar-refractivity contribution is 7.80. The fraction of sp³-hybridized carbons (Fsp3) is 0.889. The lowest BCUT2D eigenvalue weighted by molar-refractivity contribution is -0.123. The number of nitrogens with two attached hydrogens (primary N) is 2. The Morgan fingerprint density at radius 2 is 1.93 bits per heavy atom. The van der Waals surface area contributed by atoms with Gasteiger partial charge in [0.1, 0.15) is 0 Å². The molecular formula is C18H42N4O4S. The van der Waals surface area contributed by atoms with Gasteiger partial charge >= 0.3 is 0 Å². The average molecular weight is 411 g/mol. The maximum absolute atomic E-state index is 11.1. The van der Waals surface area contributed by atoms with Crippen molar-refractivity contribution in [1.29, 1.82) is 0 Å². The minimum absolute atomic E-state index is 0.0952. The first-order chi connectivity index (χ1) is 12.9. The molecule has 0 rings (SSSR count). The maximum atomic E-state index is 11.1. The predicted molar refractivity (Wildman–Crippen MR) is 115 cm³/mol. The third-order valence-corrected chi connectivity index (χ3v) is 4.18. The van der Waals surface area contributed by atoms with Gasteiger partial charge in [-0.2, -0.15) is 12.6 Å². The topological polar surface area (TPSA) is 151 Å². The van der Waals surface area contributed by atoms with Gasteiger partial charge in [0, 0.05) is 50.5 Å². The molecule has 0 heterocycles. The number of carbonyl (C=O) groups excluding carboxylic acids is 1. The van der Waals surface area contributed by atoms with E-state index in [2.05, 4.69) is 44.0 Å². The summed E-state index contributed by atoms with van der Waals surface area (Å²) >= 11 is 4.10. The summed E-state index contributed by atoms with van der Waals surface area (Å²) in [4.78, 5) is 19.5. The zero-order valence-electron chi connectivity index (χ0n) is 17.2. The lowest BCUT2D eigenvalue weighted by atomic mass is 10.1. The van der Waals surface area contributed by atoms with Gasteiger partial charge in [-0.25, -0.2) is 0 Å². The molecule has 0 aromatic heterocycles. The van der Waals surface area contributed by atoms with E-state index in [0.29, 0.717) is 37.9 Å². The maximum Gasteiger partial charge on any atom is 0.290 e. The van der Waals surface area contributed by atoms with E-state index in [9.17, 15) is 4.79 Å². The molecule has 164 valence electrons. The van der Waals surface area contributed by atoms with E-state index < -0.39 is 0 Å². The number of hydrogen-bond acceptors (Lipinski definition) is 7. The van der Waals surface area contributed by atoms with Crippen LogP contribution in [0.15, 0.2) is 0 Å². The third-order valence-electron chi connectivity index (χ3n) is 3.71. The van der Waals surface area contributed by atoms with Crippen LogP contribution in [0.4, 0.5) is 0 Å². The van der Waals surface area contributed by atoms with Crippen LogP contribution < -0.4 is 22.1 Å². The van der Waals surface area contributed by atoms with E-state index in [-0.39, 0.29) is 25.0 Å². The van der Waals surface area contributed by atoms with Crippen molar-refractivity contribution in [2.24, 2.45) is 17.4 Å². The molecule has 0 aliphatic heterocycles. The predicted octanol–water partition coefficient (Wildman–Crippen LogP) is 0.583. The second-order valence-corrected chi connectivity index (χ2v) is 6.69. The smallest absolute Gasteiger partial charge is 0.290 e. The molecule has 0 aromatic carbocycles. The molecule has 0 radical (unpaired) electrons. The second kappa shape index (κ2) is 25.1. The van der Waals surface area contributed by atoms with Crippen LogP contribution in [0.3, 0.4) is 0 Å². The molecule has 27 heavy (non-hydrogen) atoms. The highest BCUT2D eigenvalue weighted by Gasteiger charge is 2.06. The minimum Gasteiger partial charge on any atom is -0.483 e. The molecule has 2 unspecified atom stereocenters. The quantitative estimate of drug-likeness (QED) is 0.133. The zero-order chi connectivity index (χ0) is 21.5. The van der Waals surface area contributed by atoms with Crippen LogP contribution in [-0.4, -0.2) is 66.7 Å². The Hall–Kier alpha value is -0.870. The number of aliphatic hydroxyl groups excluding tert-OH is 1. The molecule has 0 spiro atoms. The number of hydrogen-bond donors (Lipinski definition) is 7. The van der Waals surface area contributed by atoms with Crippen molar-refractivity contribution in [2.45, 2.75) is 65.0 Å². The van der Waals surface area contributed by atoms with Crippen LogP contribution in [0.5, 0.6) is 0 Å². The van der Waals surface area contributed by atoms with Gasteiger partial charge in [-0.3, -0.25) is 9.59 Å². The van der Waals surface area contributed by atoms with Gasteiger partial charge in [0.25, 0.3) is 6.47 Å². The van der Waals surface area contributed by atoms with E-state index in [1.807, 2.05) is 0 Å². The molecule has 0 bridgehead atoms. The monoisotopic (exact) mass is 410 g/mol. The van der Waals surface area contributed by atoms with Crippen LogP contribution >= 0.6 is 12.6 Å². The Kier molecular flexibility index (Phi) is 28.7. The van der Waals surface area contributed by atoms with Gasteiger partial charge < -0.3 is 32.3 Å². The second-order valence-electron chi connectivity index (χ2n) is 6.32. The van der Waals surface area contributed by atoms with Gasteiger partial charge in [0.15, 0.2) is 0 Å². The number of nitrogens with one attached hydrogen (secondary N) is 2. The molecule has 9 heteroatoms. The molecule has 0 aliphatic rings. The normalized spacial score (nSPS) is 13.1. The molecule has 8 nitrogen and oxygen atoms in total. The highest BCUT2D eigenvalue weighted by atomic mass is 32.1. The van der Waals surface area contributed by atoms with Gasteiger partial charge in [-0.05, 0) is 18.8 Å². The summed E-state index contributed by atoms with van der Waals surface area (Å²) in [5, 5.41) is 21.4. The van der Waals surface area contributed by atoms with E-state index in [1.54, 1.807) is 0 Å². The van der Waals surface area contributed by atoms with E-state index in [0.717, 1.165) is 31.6 Å². The minimum atomic E-state index is -0.250. The van der Waals surface area contributed by atoms with Crippen molar-refractivity contribution < 1.29 is 19.8 Å². The largest absolute Gasteiger partial charge is 0.483 e. The van der Waals surface area contributed by atoms with Crippen LogP contribution in [0, 0.1) is 5.92 Å². The molecular weight excluding hydrogens is 368 g/mol. The van der Waals surface area contributed by atoms with Crippen molar-refractivity contribution in [3.8, 4) is 0 Å². The fourth-order valence-corrected chi connectivity index (χ4v) is 2.00. The molecule has 0 saturated carbocycles. The number of thiol groups is 1. The number of carbonyl (C=O) groups is 2. The Morgan fingerprint density at radius 1 is 1.33 bits per heavy atom. The fourth-order valence-electron chi connectivity index (χ4n) is 1.87. The molecule has 1 amide bonds. The van der Waals surface area contributed by atoms with Crippen molar-refractivity contribution >= 4 is 25.0 Å². The van der Waals surface area contributed by atoms with Crippen molar-refractivity contribution in [1.82, 2.24) is 10.6 Å². The summed E-state index contributed by atoms with van der Waals surface area (Å²) in [5.41, 5.74) is 11.3. The van der Waals surface area contributed by atoms with E-state index >= 15 is 0 Å². The summed E-state index contributed by atoms with van der Waals surface area (Å²) in [6.45, 7) is 8.27. The molecule has 0 saturated heterocycles. The Bertz CT molecular complexity index is 326. The molecule has 0 aliphatic carbocycles. The van der Waals surface area contributed by atoms with Crippen LogP contribution in [-0.2, 0) is 9.59 Å². The van der Waals surface area contributed by atoms with Crippen LogP contribution in [0.25, 0.3) is 0 Å². The Morgan fingerprint density at radius 3 is 2.33 bits per heavy atom. The number of amides is 1. The SMILES string of the molecule is CCCC(CN)NCC(N)CS.CC[C@H](C)CC(=O)NCCCO.O=CO. The lowest BCUT2D eigenvalue weighted by Crippen LogP contribution is -2.43. The summed E-state index contributed by atoms with van der Waals surface area (Å²) in [5.74, 6) is 1.27. The van der Waals surface area contributed by atoms with Gasteiger partial charge in [0.05, 0.1) is 0 Å². The Labute approximate surface area is 170 Å². The third kappa shape index (κ3) is 27.5. The van der Waals surface area contributed by atoms with Crippen molar-refractivity contribution in [2.75, 3.05) is 32.0 Å². The molecule has 0 fully saturated rings. The first-order valence-corrected chi connectivity index (χ1v) is 10.2. The number of carboxylic acid groups (broad SMARTS) is 1. The first-order valence-electron chi connectivity index (χ1n) is 9.61. The standard InChI is InChI=1S/C9H19NO2.C8H21N3S.CH2O2/c1-3-8(2)7-9(12)10-5-4-6-11;1-2-3-8(4-9)11-5-7(10)6-12;2-1-3/h8,11H,3-7H2,1-2H3,(H,10,12);7-8,11-12H,2-6,9-10H2,1H3;1H,(H,2,3)/t8-;;/m0../s1. The average Bonchev–Trinajstić information content (AvgIpc) is 2.66. The van der Waals surface area contributed by atoms with Crippen LogP contribution in [0.1, 0.15) is 52.9 Å².